The molecule has 6 heteroatoms. The molecule has 0 bridgehead atoms. The van der Waals surface area contributed by atoms with Crippen LogP contribution in [-0.2, 0) is 6.54 Å². The Morgan fingerprint density at radius 2 is 2.41 bits per heavy atom. The van der Waals surface area contributed by atoms with Crippen molar-refractivity contribution in [1.82, 2.24) is 15.3 Å². The van der Waals surface area contributed by atoms with Crippen molar-refractivity contribution in [3.05, 3.63) is 45.1 Å². The van der Waals surface area contributed by atoms with Crippen LogP contribution < -0.4 is 5.32 Å². The van der Waals surface area contributed by atoms with Gasteiger partial charge in [0, 0.05) is 17.3 Å². The molecule has 0 aromatic carbocycles. The summed E-state index contributed by atoms with van der Waals surface area (Å²) in [6.07, 6.45) is 1.54. The molecule has 1 amide bonds. The van der Waals surface area contributed by atoms with Crippen LogP contribution in [0, 0.1) is 6.92 Å². The smallest absolute Gasteiger partial charge is 0.254 e. The van der Waals surface area contributed by atoms with E-state index in [0.29, 0.717) is 12.1 Å². The third kappa shape index (κ3) is 3.01. The van der Waals surface area contributed by atoms with Gasteiger partial charge in [0.15, 0.2) is 0 Å². The first-order valence-electron chi connectivity index (χ1n) is 4.96. The highest BCUT2D eigenvalue weighted by Crippen LogP contribution is 2.12. The zero-order valence-corrected chi connectivity index (χ0v) is 10.7. The predicted octanol–water partition coefficient (Wildman–Crippen LogP) is 2.43. The van der Waals surface area contributed by atoms with Gasteiger partial charge < -0.3 is 5.32 Å². The topological polar surface area (TPSA) is 54.9 Å². The minimum Gasteiger partial charge on any atom is -0.345 e. The van der Waals surface area contributed by atoms with Gasteiger partial charge in [-0.25, -0.2) is 9.97 Å². The first kappa shape index (κ1) is 12.0. The lowest BCUT2D eigenvalue weighted by molar-refractivity contribution is 0.0950. The van der Waals surface area contributed by atoms with E-state index in [1.165, 1.54) is 11.3 Å². The standard InChI is InChI=1S/C11H10ClN3OS/c1-7-6-17-9(15-7)5-14-11(16)8-3-2-4-13-10(8)12/h2-4,6H,5H2,1H3,(H,14,16). The van der Waals surface area contributed by atoms with Crippen LogP contribution in [0.3, 0.4) is 0 Å². The summed E-state index contributed by atoms with van der Waals surface area (Å²) in [5.41, 5.74) is 1.33. The average Bonchev–Trinajstić information content (AvgIpc) is 2.73. The van der Waals surface area contributed by atoms with Gasteiger partial charge in [0.1, 0.15) is 10.2 Å². The fourth-order valence-electron chi connectivity index (χ4n) is 1.29. The molecule has 88 valence electrons. The number of aryl methyl sites for hydroxylation is 1. The first-order chi connectivity index (χ1) is 8.16. The molecule has 4 nitrogen and oxygen atoms in total. The highest BCUT2D eigenvalue weighted by Gasteiger charge is 2.10. The van der Waals surface area contributed by atoms with Crippen LogP contribution in [0.15, 0.2) is 23.7 Å². The summed E-state index contributed by atoms with van der Waals surface area (Å²) in [5, 5.41) is 5.78. The molecule has 0 aliphatic carbocycles. The van der Waals surface area contributed by atoms with E-state index >= 15 is 0 Å². The Balaban J connectivity index is 2.01. The molecule has 1 N–H and O–H groups in total. The lowest BCUT2D eigenvalue weighted by atomic mass is 10.3. The Labute approximate surface area is 108 Å². The second-order valence-electron chi connectivity index (χ2n) is 3.41. The van der Waals surface area contributed by atoms with Crippen molar-refractivity contribution in [3.63, 3.8) is 0 Å². The third-order valence-electron chi connectivity index (χ3n) is 2.07. The Hall–Kier alpha value is -1.46. The number of pyridine rings is 1. The van der Waals surface area contributed by atoms with Crippen LogP contribution in [0.25, 0.3) is 0 Å². The van der Waals surface area contributed by atoms with Gasteiger partial charge in [-0.1, -0.05) is 11.6 Å². The fraction of sp³-hybridized carbons (Fsp3) is 0.182. The van der Waals surface area contributed by atoms with Crippen molar-refractivity contribution in [1.29, 1.82) is 0 Å². The van der Waals surface area contributed by atoms with E-state index in [9.17, 15) is 4.79 Å². The SMILES string of the molecule is Cc1csc(CNC(=O)c2cccnc2Cl)n1. The number of amides is 1. The Morgan fingerprint density at radius 3 is 3.06 bits per heavy atom. The monoisotopic (exact) mass is 267 g/mol. The van der Waals surface area contributed by atoms with Crippen molar-refractivity contribution in [3.8, 4) is 0 Å². The summed E-state index contributed by atoms with van der Waals surface area (Å²) in [7, 11) is 0. The minimum atomic E-state index is -0.240. The van der Waals surface area contributed by atoms with Crippen molar-refractivity contribution in [2.75, 3.05) is 0 Å². The van der Waals surface area contributed by atoms with Gasteiger partial charge in [-0.05, 0) is 19.1 Å². The van der Waals surface area contributed by atoms with Gasteiger partial charge in [0.25, 0.3) is 5.91 Å². The van der Waals surface area contributed by atoms with Crippen molar-refractivity contribution >= 4 is 28.8 Å². The van der Waals surface area contributed by atoms with E-state index in [2.05, 4.69) is 15.3 Å². The number of carbonyl (C=O) groups is 1. The number of rotatable bonds is 3. The number of nitrogens with one attached hydrogen (secondary N) is 1. The van der Waals surface area contributed by atoms with Crippen LogP contribution in [0.2, 0.25) is 5.15 Å². The quantitative estimate of drug-likeness (QED) is 0.869. The number of nitrogens with zero attached hydrogens (tertiary/aromatic N) is 2. The minimum absolute atomic E-state index is 0.209. The summed E-state index contributed by atoms with van der Waals surface area (Å²) >= 11 is 7.34. The van der Waals surface area contributed by atoms with Crippen LogP contribution in [0.4, 0.5) is 0 Å². The van der Waals surface area contributed by atoms with E-state index in [-0.39, 0.29) is 11.1 Å². The molecule has 0 radical (unpaired) electrons. The van der Waals surface area contributed by atoms with Crippen LogP contribution in [-0.4, -0.2) is 15.9 Å². The highest BCUT2D eigenvalue weighted by molar-refractivity contribution is 7.09. The summed E-state index contributed by atoms with van der Waals surface area (Å²) in [6, 6.07) is 3.31. The van der Waals surface area contributed by atoms with E-state index in [1.54, 1.807) is 18.3 Å². The molecule has 2 aromatic rings. The second-order valence-corrected chi connectivity index (χ2v) is 4.71. The Kier molecular flexibility index (Phi) is 3.71. The molecule has 0 fully saturated rings. The maximum absolute atomic E-state index is 11.8. The third-order valence-corrected chi connectivity index (χ3v) is 3.34. The summed E-state index contributed by atoms with van der Waals surface area (Å²) in [4.78, 5) is 19.9. The lowest BCUT2D eigenvalue weighted by Gasteiger charge is -2.03. The molecule has 2 aromatic heterocycles. The fourth-order valence-corrected chi connectivity index (χ4v) is 2.21. The zero-order valence-electron chi connectivity index (χ0n) is 9.11. The van der Waals surface area contributed by atoms with Gasteiger partial charge in [0.05, 0.1) is 12.1 Å². The second kappa shape index (κ2) is 5.25. The van der Waals surface area contributed by atoms with E-state index in [0.717, 1.165) is 10.7 Å². The number of thiazole rings is 1. The number of carbonyl (C=O) groups excluding carboxylic acids is 1. The maximum atomic E-state index is 11.8. The molecule has 0 aliphatic heterocycles. The molecule has 2 rings (SSSR count). The summed E-state index contributed by atoms with van der Waals surface area (Å²) < 4.78 is 0. The average molecular weight is 268 g/mol. The molecule has 0 aliphatic rings. The molecule has 0 saturated heterocycles. The molecule has 2 heterocycles. The van der Waals surface area contributed by atoms with Crippen LogP contribution in [0.5, 0.6) is 0 Å². The van der Waals surface area contributed by atoms with Crippen molar-refractivity contribution in [2.24, 2.45) is 0 Å². The van der Waals surface area contributed by atoms with Crippen molar-refractivity contribution < 1.29 is 4.79 Å². The van der Waals surface area contributed by atoms with Crippen molar-refractivity contribution in [2.45, 2.75) is 13.5 Å². The van der Waals surface area contributed by atoms with E-state index in [4.69, 9.17) is 11.6 Å². The number of hydrogen-bond donors (Lipinski definition) is 1. The number of hydrogen-bond acceptors (Lipinski definition) is 4. The Morgan fingerprint density at radius 1 is 1.59 bits per heavy atom. The molecule has 0 spiro atoms. The Bertz CT molecular complexity index is 541. The van der Waals surface area contributed by atoms with Crippen LogP contribution in [0.1, 0.15) is 21.1 Å². The maximum Gasteiger partial charge on any atom is 0.254 e. The number of aromatic nitrogens is 2. The van der Waals surface area contributed by atoms with Gasteiger partial charge in [-0.2, -0.15) is 0 Å². The molecular weight excluding hydrogens is 258 g/mol. The van der Waals surface area contributed by atoms with Crippen LogP contribution >= 0.6 is 22.9 Å². The lowest BCUT2D eigenvalue weighted by Crippen LogP contribution is -2.23. The first-order valence-corrected chi connectivity index (χ1v) is 6.22. The molecule has 17 heavy (non-hydrogen) atoms. The molecular formula is C11H10ClN3OS. The largest absolute Gasteiger partial charge is 0.345 e. The highest BCUT2D eigenvalue weighted by atomic mass is 35.5. The van der Waals surface area contributed by atoms with Gasteiger partial charge in [0.2, 0.25) is 0 Å². The predicted molar refractivity (Wildman–Crippen MR) is 67.3 cm³/mol. The normalized spacial score (nSPS) is 10.2. The summed E-state index contributed by atoms with van der Waals surface area (Å²) in [6.45, 7) is 2.32. The zero-order chi connectivity index (χ0) is 12.3. The van der Waals surface area contributed by atoms with Gasteiger partial charge >= 0.3 is 0 Å². The summed E-state index contributed by atoms with van der Waals surface area (Å²) in [5.74, 6) is -0.240. The molecule has 0 atom stereocenters. The van der Waals surface area contributed by atoms with Gasteiger partial charge in [-0.3, -0.25) is 4.79 Å². The molecule has 0 saturated carbocycles. The van der Waals surface area contributed by atoms with Gasteiger partial charge in [-0.15, -0.1) is 11.3 Å². The molecule has 0 unspecified atom stereocenters. The van der Waals surface area contributed by atoms with E-state index in [1.807, 2.05) is 12.3 Å². The van der Waals surface area contributed by atoms with E-state index < -0.39 is 0 Å². The number of halogens is 1.